The Morgan fingerprint density at radius 2 is 0.775 bits per heavy atom. The quantitative estimate of drug-likeness (QED) is 0.0263. The summed E-state index contributed by atoms with van der Waals surface area (Å²) in [6.07, 6.45) is 55.0. The Balaban J connectivity index is 2.19. The molecule has 4 N–H and O–H groups in total. The third-order valence-corrected chi connectivity index (χ3v) is 14.3. The predicted octanol–water partition coefficient (Wildman–Crippen LogP) is 15.6. The molecule has 1 fully saturated rings. The minimum absolute atomic E-state index is 0.219. The smallest absolute Gasteiger partial charge is 0.306 e. The predicted molar refractivity (Wildman–Crippen MR) is 293 cm³/mol. The number of aliphatic hydroxyl groups excluding tert-OH is 4. The highest BCUT2D eigenvalue weighted by atomic mass is 16.7. The third-order valence-electron chi connectivity index (χ3n) is 14.3. The molecule has 0 aromatic heterocycles. The van der Waals surface area contributed by atoms with E-state index in [9.17, 15) is 30.0 Å². The highest BCUT2D eigenvalue weighted by Crippen LogP contribution is 2.23. The summed E-state index contributed by atoms with van der Waals surface area (Å²) in [5.74, 6) is -0.838. The maximum atomic E-state index is 12.9. The second kappa shape index (κ2) is 51.7. The van der Waals surface area contributed by atoms with E-state index in [1.807, 2.05) is 0 Å². The van der Waals surface area contributed by atoms with Crippen molar-refractivity contribution in [3.05, 3.63) is 24.3 Å². The fourth-order valence-electron chi connectivity index (χ4n) is 9.57. The second-order valence-electron chi connectivity index (χ2n) is 21.2. The Kier molecular flexibility index (Phi) is 48.9. The number of carbonyl (C=O) groups excluding carboxylic acids is 2. The van der Waals surface area contributed by atoms with Crippen molar-refractivity contribution < 1.29 is 49.0 Å². The molecular weight excluding hydrogens is 893 g/mol. The molecule has 418 valence electrons. The van der Waals surface area contributed by atoms with Crippen LogP contribution in [-0.4, -0.2) is 89.0 Å². The molecule has 2 unspecified atom stereocenters. The first-order chi connectivity index (χ1) is 34.8. The van der Waals surface area contributed by atoms with Gasteiger partial charge in [-0.1, -0.05) is 263 Å². The van der Waals surface area contributed by atoms with Gasteiger partial charge in [0.25, 0.3) is 0 Å². The summed E-state index contributed by atoms with van der Waals surface area (Å²) in [6, 6.07) is 0. The van der Waals surface area contributed by atoms with Gasteiger partial charge in [-0.3, -0.25) is 9.59 Å². The molecule has 0 aliphatic carbocycles. The van der Waals surface area contributed by atoms with Crippen molar-refractivity contribution in [2.75, 3.05) is 19.8 Å². The number of esters is 2. The maximum absolute atomic E-state index is 12.9. The molecule has 1 rings (SSSR count). The molecule has 1 saturated heterocycles. The summed E-state index contributed by atoms with van der Waals surface area (Å²) in [4.78, 5) is 25.6. The van der Waals surface area contributed by atoms with E-state index in [-0.39, 0.29) is 26.1 Å². The average Bonchev–Trinajstić information content (AvgIpc) is 3.37. The largest absolute Gasteiger partial charge is 0.462 e. The van der Waals surface area contributed by atoms with E-state index in [1.165, 1.54) is 212 Å². The topological polar surface area (TPSA) is 152 Å². The van der Waals surface area contributed by atoms with Crippen molar-refractivity contribution in [3.8, 4) is 0 Å². The average molecular weight is 1010 g/mol. The van der Waals surface area contributed by atoms with Gasteiger partial charge in [-0.15, -0.1) is 0 Å². The number of allylic oxidation sites excluding steroid dienone is 4. The van der Waals surface area contributed by atoms with Crippen LogP contribution in [0.2, 0.25) is 0 Å². The van der Waals surface area contributed by atoms with Crippen molar-refractivity contribution >= 4 is 11.9 Å². The summed E-state index contributed by atoms with van der Waals surface area (Å²) in [5, 5.41) is 40.3. The summed E-state index contributed by atoms with van der Waals surface area (Å²) in [7, 11) is 0. The molecule has 10 nitrogen and oxygen atoms in total. The van der Waals surface area contributed by atoms with Gasteiger partial charge in [0.15, 0.2) is 12.4 Å². The number of hydrogen-bond acceptors (Lipinski definition) is 10. The molecule has 0 spiro atoms. The zero-order valence-electron chi connectivity index (χ0n) is 46.2. The zero-order chi connectivity index (χ0) is 51.5. The number of hydrogen-bond donors (Lipinski definition) is 4. The Bertz CT molecular complexity index is 1210. The monoisotopic (exact) mass is 1010 g/mol. The van der Waals surface area contributed by atoms with E-state index < -0.39 is 55.4 Å². The Hall–Kier alpha value is -1.82. The van der Waals surface area contributed by atoms with Gasteiger partial charge in [-0.2, -0.15) is 0 Å². The summed E-state index contributed by atoms with van der Waals surface area (Å²) in [5.41, 5.74) is 0. The summed E-state index contributed by atoms with van der Waals surface area (Å²) < 4.78 is 22.3. The fourth-order valence-corrected chi connectivity index (χ4v) is 9.57. The lowest BCUT2D eigenvalue weighted by atomic mass is 9.99. The number of unbranched alkanes of at least 4 members (excludes halogenated alkanes) is 38. The minimum atomic E-state index is -1.60. The van der Waals surface area contributed by atoms with Gasteiger partial charge in [0.1, 0.15) is 31.0 Å². The molecule has 1 aliphatic rings. The van der Waals surface area contributed by atoms with Crippen LogP contribution in [0.3, 0.4) is 0 Å². The van der Waals surface area contributed by atoms with Crippen molar-refractivity contribution in [2.45, 2.75) is 333 Å². The van der Waals surface area contributed by atoms with Gasteiger partial charge in [0.2, 0.25) is 0 Å². The second-order valence-corrected chi connectivity index (χ2v) is 21.2. The van der Waals surface area contributed by atoms with E-state index in [4.69, 9.17) is 18.9 Å². The number of rotatable bonds is 53. The van der Waals surface area contributed by atoms with Crippen molar-refractivity contribution in [3.63, 3.8) is 0 Å². The van der Waals surface area contributed by atoms with Gasteiger partial charge in [-0.25, -0.2) is 0 Å². The van der Waals surface area contributed by atoms with E-state index in [2.05, 4.69) is 38.2 Å². The SMILES string of the molecule is CCCCCCCCCCCCCCCC/C=C/CC/C=C/CCCC(=O)OC[C@@H](CO[C@H]1O[C@@H](CO)[C@@H](O)C(O)C1O)OC(=O)CCCCCCCCCCCCCCCCCCCCCCCCC. The fraction of sp³-hybridized carbons (Fsp3) is 0.902. The molecule has 0 saturated carbocycles. The Labute approximate surface area is 436 Å². The summed E-state index contributed by atoms with van der Waals surface area (Å²) in [6.45, 7) is 3.46. The maximum Gasteiger partial charge on any atom is 0.306 e. The van der Waals surface area contributed by atoms with Crippen molar-refractivity contribution in [2.24, 2.45) is 0 Å². The van der Waals surface area contributed by atoms with Crippen LogP contribution in [0.15, 0.2) is 24.3 Å². The van der Waals surface area contributed by atoms with E-state index >= 15 is 0 Å². The van der Waals surface area contributed by atoms with Crippen LogP contribution in [0.25, 0.3) is 0 Å². The normalized spacial score (nSPS) is 18.8. The lowest BCUT2D eigenvalue weighted by Gasteiger charge is -2.39. The van der Waals surface area contributed by atoms with E-state index in [0.29, 0.717) is 12.8 Å². The molecule has 6 atom stereocenters. The lowest BCUT2D eigenvalue weighted by molar-refractivity contribution is -0.305. The van der Waals surface area contributed by atoms with Gasteiger partial charge in [-0.05, 0) is 44.9 Å². The Morgan fingerprint density at radius 3 is 1.18 bits per heavy atom. The van der Waals surface area contributed by atoms with Crippen LogP contribution in [0, 0.1) is 0 Å². The lowest BCUT2D eigenvalue weighted by Crippen LogP contribution is -2.59. The van der Waals surface area contributed by atoms with Crippen LogP contribution in [-0.2, 0) is 28.5 Å². The first-order valence-corrected chi connectivity index (χ1v) is 30.4. The Morgan fingerprint density at radius 1 is 0.423 bits per heavy atom. The standard InChI is InChI=1S/C61H114O10/c1-3-5-7-9-11-13-15-17-19-21-23-25-27-29-31-33-35-37-39-41-43-45-47-49-56(63)68-52-54(53-69-61-60(67)59(66)58(65)55(51-62)71-61)70-57(64)50-48-46-44-42-40-38-36-34-32-30-28-26-24-22-20-18-16-14-12-10-8-6-4-2/h33,35,41,43,54-55,58-62,65-67H,3-32,34,36-40,42,44-53H2,1-2H3/b35-33+,43-41+/t54-,55-,58+,59?,60?,61-/m0/s1. The number of ether oxygens (including phenoxy) is 4. The molecule has 0 aromatic rings. The van der Waals surface area contributed by atoms with Crippen LogP contribution in [0.5, 0.6) is 0 Å². The molecule has 0 bridgehead atoms. The van der Waals surface area contributed by atoms with Crippen LogP contribution in [0.4, 0.5) is 0 Å². The first kappa shape index (κ1) is 67.2. The van der Waals surface area contributed by atoms with Gasteiger partial charge in [0, 0.05) is 12.8 Å². The van der Waals surface area contributed by atoms with Crippen LogP contribution < -0.4 is 0 Å². The van der Waals surface area contributed by atoms with Crippen LogP contribution >= 0.6 is 0 Å². The van der Waals surface area contributed by atoms with E-state index in [1.54, 1.807) is 0 Å². The molecular formula is C61H114O10. The highest BCUT2D eigenvalue weighted by molar-refractivity contribution is 5.70. The molecule has 1 aliphatic heterocycles. The van der Waals surface area contributed by atoms with Gasteiger partial charge in [0.05, 0.1) is 13.2 Å². The zero-order valence-corrected chi connectivity index (χ0v) is 46.2. The molecule has 1 heterocycles. The third kappa shape index (κ3) is 42.1. The summed E-state index contributed by atoms with van der Waals surface area (Å²) >= 11 is 0. The van der Waals surface area contributed by atoms with Gasteiger partial charge >= 0.3 is 11.9 Å². The first-order valence-electron chi connectivity index (χ1n) is 30.4. The molecule has 0 amide bonds. The van der Waals surface area contributed by atoms with Crippen molar-refractivity contribution in [1.29, 1.82) is 0 Å². The number of aliphatic hydroxyl groups is 4. The highest BCUT2D eigenvalue weighted by Gasteiger charge is 2.44. The molecule has 0 aromatic carbocycles. The van der Waals surface area contributed by atoms with E-state index in [0.717, 1.165) is 44.9 Å². The minimum Gasteiger partial charge on any atom is -0.462 e. The number of carbonyl (C=O) groups is 2. The van der Waals surface area contributed by atoms with Crippen molar-refractivity contribution in [1.82, 2.24) is 0 Å². The molecule has 10 heteroatoms. The molecule has 0 radical (unpaired) electrons. The van der Waals surface area contributed by atoms with Crippen LogP contribution in [0.1, 0.15) is 296 Å². The van der Waals surface area contributed by atoms with Gasteiger partial charge < -0.3 is 39.4 Å². The molecule has 71 heavy (non-hydrogen) atoms.